The summed E-state index contributed by atoms with van der Waals surface area (Å²) in [6, 6.07) is -0.247. The van der Waals surface area contributed by atoms with E-state index in [2.05, 4.69) is 10.2 Å². The van der Waals surface area contributed by atoms with E-state index in [1.54, 1.807) is 0 Å². The van der Waals surface area contributed by atoms with E-state index in [0.717, 1.165) is 13.0 Å². The van der Waals surface area contributed by atoms with Gasteiger partial charge in [-0.1, -0.05) is 0 Å². The Hall–Kier alpha value is -0.740. The van der Waals surface area contributed by atoms with Gasteiger partial charge in [-0.15, -0.1) is 0 Å². The quantitative estimate of drug-likeness (QED) is 0.412. The number of carbonyl (C=O) groups excluding carboxylic acids is 2. The predicted octanol–water partition coefficient (Wildman–Crippen LogP) is -0.994. The first-order valence-electron chi connectivity index (χ1n) is 3.65. The maximum absolute atomic E-state index is 10.8. The molecule has 4 heteroatoms. The van der Waals surface area contributed by atoms with Gasteiger partial charge in [0.25, 0.3) is 0 Å². The molecule has 0 aromatic carbocycles. The van der Waals surface area contributed by atoms with E-state index >= 15 is 0 Å². The van der Waals surface area contributed by atoms with Crippen LogP contribution < -0.4 is 5.32 Å². The molecule has 1 aliphatic rings. The highest BCUT2D eigenvalue weighted by Gasteiger charge is 2.21. The molecule has 1 unspecified atom stereocenters. The molecule has 1 fully saturated rings. The molecule has 1 rings (SSSR count). The van der Waals surface area contributed by atoms with Crippen molar-refractivity contribution < 1.29 is 9.59 Å². The van der Waals surface area contributed by atoms with E-state index in [0.29, 0.717) is 13.0 Å². The van der Waals surface area contributed by atoms with E-state index in [-0.39, 0.29) is 11.8 Å². The van der Waals surface area contributed by atoms with Gasteiger partial charge in [-0.05, 0) is 13.5 Å². The summed E-state index contributed by atoms with van der Waals surface area (Å²) >= 11 is 0. The Kier molecular flexibility index (Phi) is 2.73. The zero-order valence-electron chi connectivity index (χ0n) is 6.54. The van der Waals surface area contributed by atoms with Crippen molar-refractivity contribution >= 4 is 12.1 Å². The van der Waals surface area contributed by atoms with Gasteiger partial charge in [-0.25, -0.2) is 0 Å². The summed E-state index contributed by atoms with van der Waals surface area (Å²) in [5.41, 5.74) is 0. The van der Waals surface area contributed by atoms with Crippen LogP contribution >= 0.6 is 0 Å². The third-order valence-corrected chi connectivity index (χ3v) is 1.87. The molecule has 1 aliphatic heterocycles. The number of carbonyl (C=O) groups is 2. The summed E-state index contributed by atoms with van der Waals surface area (Å²) in [6.45, 7) is 1.56. The van der Waals surface area contributed by atoms with Gasteiger partial charge < -0.3 is 0 Å². The molecule has 0 saturated carbocycles. The summed E-state index contributed by atoms with van der Waals surface area (Å²) in [5, 5.41) is 2.96. The van der Waals surface area contributed by atoms with E-state index in [1.807, 2.05) is 7.05 Å². The van der Waals surface area contributed by atoms with Crippen LogP contribution in [0, 0.1) is 0 Å². The van der Waals surface area contributed by atoms with Gasteiger partial charge in [0, 0.05) is 13.2 Å². The molecular formula is C7H12N2O2. The topological polar surface area (TPSA) is 49.4 Å². The van der Waals surface area contributed by atoms with Crippen LogP contribution in [0.25, 0.3) is 0 Å². The van der Waals surface area contributed by atoms with Crippen LogP contribution in [0.5, 0.6) is 0 Å². The zero-order chi connectivity index (χ0) is 8.27. The summed E-state index contributed by atoms with van der Waals surface area (Å²) in [4.78, 5) is 23.0. The summed E-state index contributed by atoms with van der Waals surface area (Å²) in [6.07, 6.45) is 1.12. The van der Waals surface area contributed by atoms with E-state index < -0.39 is 0 Å². The smallest absolute Gasteiger partial charge is 0.212 e. The average Bonchev–Trinajstić information content (AvgIpc) is 2.05. The average molecular weight is 156 g/mol. The Morgan fingerprint density at radius 3 is 2.91 bits per heavy atom. The molecule has 62 valence electrons. The van der Waals surface area contributed by atoms with Gasteiger partial charge in [0.15, 0.2) is 6.29 Å². The lowest BCUT2D eigenvalue weighted by Crippen LogP contribution is -2.49. The van der Waals surface area contributed by atoms with Crippen LogP contribution in [0.1, 0.15) is 6.42 Å². The second-order valence-corrected chi connectivity index (χ2v) is 2.80. The Morgan fingerprint density at radius 1 is 1.73 bits per heavy atom. The SMILES string of the molecule is CN1CCC(C(=O)C=O)NC1. The van der Waals surface area contributed by atoms with Crippen LogP contribution in [0.4, 0.5) is 0 Å². The largest absolute Gasteiger partial charge is 0.295 e. The van der Waals surface area contributed by atoms with Crippen molar-refractivity contribution in [3.63, 3.8) is 0 Å². The molecule has 0 bridgehead atoms. The minimum Gasteiger partial charge on any atom is -0.295 e. The maximum Gasteiger partial charge on any atom is 0.212 e. The molecule has 0 radical (unpaired) electrons. The van der Waals surface area contributed by atoms with E-state index in [4.69, 9.17) is 0 Å². The highest BCUT2D eigenvalue weighted by molar-refractivity contribution is 6.27. The summed E-state index contributed by atoms with van der Waals surface area (Å²) in [7, 11) is 1.97. The van der Waals surface area contributed by atoms with Crippen LogP contribution in [0.15, 0.2) is 0 Å². The molecule has 1 N–H and O–H groups in total. The van der Waals surface area contributed by atoms with Crippen LogP contribution in [0.3, 0.4) is 0 Å². The van der Waals surface area contributed by atoms with Gasteiger partial charge in [0.05, 0.1) is 6.04 Å². The molecule has 0 aromatic rings. The first-order chi connectivity index (χ1) is 5.24. The molecule has 11 heavy (non-hydrogen) atoms. The van der Waals surface area contributed by atoms with Gasteiger partial charge in [0.1, 0.15) is 0 Å². The number of Topliss-reactive ketones (excluding diaryl/α,β-unsaturated/α-hetero) is 1. The lowest BCUT2D eigenvalue weighted by Gasteiger charge is -2.28. The van der Waals surface area contributed by atoms with Crippen molar-refractivity contribution in [2.45, 2.75) is 12.5 Å². The van der Waals surface area contributed by atoms with Crippen molar-refractivity contribution in [1.29, 1.82) is 0 Å². The second kappa shape index (κ2) is 3.59. The van der Waals surface area contributed by atoms with E-state index in [9.17, 15) is 9.59 Å². The minimum absolute atomic E-state index is 0.247. The van der Waals surface area contributed by atoms with Gasteiger partial charge >= 0.3 is 0 Å². The van der Waals surface area contributed by atoms with E-state index in [1.165, 1.54) is 0 Å². The normalized spacial score (nSPS) is 26.5. The number of hydrogen-bond acceptors (Lipinski definition) is 4. The molecule has 1 heterocycles. The molecule has 0 spiro atoms. The lowest BCUT2D eigenvalue weighted by molar-refractivity contribution is -0.131. The lowest BCUT2D eigenvalue weighted by atomic mass is 10.1. The number of nitrogens with one attached hydrogen (secondary N) is 1. The fourth-order valence-corrected chi connectivity index (χ4v) is 1.12. The second-order valence-electron chi connectivity index (χ2n) is 2.80. The van der Waals surface area contributed by atoms with Gasteiger partial charge in [-0.3, -0.25) is 19.8 Å². The monoisotopic (exact) mass is 156 g/mol. The Labute approximate surface area is 65.6 Å². The number of nitrogens with zero attached hydrogens (tertiary/aromatic N) is 1. The first-order valence-corrected chi connectivity index (χ1v) is 3.65. The number of hydrogen-bond donors (Lipinski definition) is 1. The third kappa shape index (κ3) is 2.10. The molecule has 1 saturated heterocycles. The Bertz CT molecular complexity index is 162. The van der Waals surface area contributed by atoms with Crippen LogP contribution in [-0.4, -0.2) is 43.3 Å². The minimum atomic E-state index is -0.335. The standard InChI is InChI=1S/C7H12N2O2/c1-9-3-2-6(8-5-9)7(11)4-10/h4,6,8H,2-3,5H2,1H3. The molecule has 0 aliphatic carbocycles. The molecule has 0 amide bonds. The maximum atomic E-state index is 10.8. The molecule has 0 aromatic heterocycles. The van der Waals surface area contributed by atoms with Gasteiger partial charge in [0.2, 0.25) is 5.78 Å². The van der Waals surface area contributed by atoms with Crippen molar-refractivity contribution in [3.05, 3.63) is 0 Å². The van der Waals surface area contributed by atoms with Crippen molar-refractivity contribution in [2.75, 3.05) is 20.3 Å². The molecule has 4 nitrogen and oxygen atoms in total. The number of aldehydes is 1. The summed E-state index contributed by atoms with van der Waals surface area (Å²) in [5.74, 6) is -0.335. The zero-order valence-corrected chi connectivity index (χ0v) is 6.54. The number of rotatable bonds is 2. The highest BCUT2D eigenvalue weighted by Crippen LogP contribution is 2.00. The molecular weight excluding hydrogens is 144 g/mol. The van der Waals surface area contributed by atoms with Crippen LogP contribution in [-0.2, 0) is 9.59 Å². The Balaban J connectivity index is 2.38. The van der Waals surface area contributed by atoms with Gasteiger partial charge in [-0.2, -0.15) is 0 Å². The van der Waals surface area contributed by atoms with Crippen molar-refractivity contribution in [1.82, 2.24) is 10.2 Å². The highest BCUT2D eigenvalue weighted by atomic mass is 16.2. The fraction of sp³-hybridized carbons (Fsp3) is 0.714. The molecule has 1 atom stereocenters. The predicted molar refractivity (Wildman–Crippen MR) is 40.1 cm³/mol. The number of ketones is 1. The first kappa shape index (κ1) is 8.36. The van der Waals surface area contributed by atoms with Crippen molar-refractivity contribution in [2.24, 2.45) is 0 Å². The van der Waals surface area contributed by atoms with Crippen LogP contribution in [0.2, 0.25) is 0 Å². The fourth-order valence-electron chi connectivity index (χ4n) is 1.12. The Morgan fingerprint density at radius 2 is 2.45 bits per heavy atom. The summed E-state index contributed by atoms with van der Waals surface area (Å²) < 4.78 is 0. The third-order valence-electron chi connectivity index (χ3n) is 1.87. The van der Waals surface area contributed by atoms with Crippen molar-refractivity contribution in [3.8, 4) is 0 Å².